The summed E-state index contributed by atoms with van der Waals surface area (Å²) in [5.41, 5.74) is 0.0623. The molecule has 35 heavy (non-hydrogen) atoms. The number of esters is 2. The lowest BCUT2D eigenvalue weighted by molar-refractivity contribution is -0.148. The highest BCUT2D eigenvalue weighted by molar-refractivity contribution is 6.32. The molecule has 1 heterocycles. The van der Waals surface area contributed by atoms with E-state index in [1.807, 2.05) is 37.3 Å². The first-order valence-electron chi connectivity index (χ1n) is 11.8. The Morgan fingerprint density at radius 1 is 1.14 bits per heavy atom. The van der Waals surface area contributed by atoms with Gasteiger partial charge in [-0.05, 0) is 50.9 Å². The second-order valence-corrected chi connectivity index (χ2v) is 8.95. The highest BCUT2D eigenvalue weighted by Gasteiger charge is 2.40. The summed E-state index contributed by atoms with van der Waals surface area (Å²) in [6.07, 6.45) is 2.12. The van der Waals surface area contributed by atoms with Crippen LogP contribution >= 0.6 is 11.6 Å². The second kappa shape index (κ2) is 12.0. The van der Waals surface area contributed by atoms with Gasteiger partial charge in [0.05, 0.1) is 22.6 Å². The highest BCUT2D eigenvalue weighted by atomic mass is 35.5. The van der Waals surface area contributed by atoms with E-state index >= 15 is 0 Å². The van der Waals surface area contributed by atoms with Crippen LogP contribution < -0.4 is 15.4 Å². The van der Waals surface area contributed by atoms with Gasteiger partial charge >= 0.3 is 11.9 Å². The van der Waals surface area contributed by atoms with Crippen molar-refractivity contribution in [3.05, 3.63) is 58.6 Å². The number of carbonyl (C=O) groups is 3. The van der Waals surface area contributed by atoms with Gasteiger partial charge < -0.3 is 25.2 Å². The molecule has 9 heteroatoms. The lowest BCUT2D eigenvalue weighted by Crippen LogP contribution is -2.44. The quantitative estimate of drug-likeness (QED) is 0.354. The largest absolute Gasteiger partial charge is 0.507 e. The van der Waals surface area contributed by atoms with E-state index in [4.69, 9.17) is 21.1 Å². The molecule has 0 spiro atoms. The lowest BCUT2D eigenvalue weighted by Gasteiger charge is -2.34. The van der Waals surface area contributed by atoms with Gasteiger partial charge in [0.1, 0.15) is 11.8 Å². The van der Waals surface area contributed by atoms with E-state index in [1.54, 1.807) is 6.92 Å². The van der Waals surface area contributed by atoms with Gasteiger partial charge in [-0.3, -0.25) is 9.59 Å². The van der Waals surface area contributed by atoms with Crippen LogP contribution in [0.2, 0.25) is 5.02 Å². The van der Waals surface area contributed by atoms with Crippen molar-refractivity contribution in [3.8, 4) is 11.5 Å². The zero-order valence-electron chi connectivity index (χ0n) is 19.9. The third-order valence-corrected chi connectivity index (χ3v) is 6.62. The lowest BCUT2D eigenvalue weighted by atomic mass is 9.77. The van der Waals surface area contributed by atoms with Gasteiger partial charge in [-0.2, -0.15) is 0 Å². The van der Waals surface area contributed by atoms with Crippen LogP contribution in [0.4, 0.5) is 0 Å². The summed E-state index contributed by atoms with van der Waals surface area (Å²) in [6.45, 7) is 5.20. The van der Waals surface area contributed by atoms with Crippen molar-refractivity contribution in [3.63, 3.8) is 0 Å². The molecule has 0 unspecified atom stereocenters. The number of phenolic OH excluding ortho intramolecular Hbond substituents is 1. The van der Waals surface area contributed by atoms with Crippen molar-refractivity contribution in [1.82, 2.24) is 10.6 Å². The standard InChI is InChI=1S/C26H31ClN2O6/c1-3-26(10-12-28-13-11-26)25(33)35-22-16-21(30)18(15-19(22)27)23(31)29-20(24(32)34-4-2)14-17-8-6-5-7-9-17/h5-9,15-16,20,28,30H,3-4,10-14H2,1-2H3,(H,29,31)/t20-/m0/s1. The van der Waals surface area contributed by atoms with Crippen molar-refractivity contribution < 1.29 is 29.0 Å². The molecular formula is C26H31ClN2O6. The number of ether oxygens (including phenoxy) is 2. The number of aromatic hydroxyl groups is 1. The predicted molar refractivity (Wildman–Crippen MR) is 132 cm³/mol. The Morgan fingerprint density at radius 2 is 1.83 bits per heavy atom. The number of halogens is 1. The van der Waals surface area contributed by atoms with Crippen LogP contribution in [0.5, 0.6) is 11.5 Å². The van der Waals surface area contributed by atoms with E-state index < -0.39 is 35.1 Å². The molecular weight excluding hydrogens is 472 g/mol. The van der Waals surface area contributed by atoms with Gasteiger partial charge in [-0.1, -0.05) is 48.9 Å². The Hall–Kier alpha value is -3.10. The fraction of sp³-hybridized carbons (Fsp3) is 0.423. The molecule has 0 bridgehead atoms. The van der Waals surface area contributed by atoms with Crippen LogP contribution in [0, 0.1) is 5.41 Å². The van der Waals surface area contributed by atoms with Gasteiger partial charge in [-0.15, -0.1) is 0 Å². The van der Waals surface area contributed by atoms with Crippen LogP contribution in [0.3, 0.4) is 0 Å². The molecule has 2 aromatic rings. The van der Waals surface area contributed by atoms with Crippen molar-refractivity contribution in [2.24, 2.45) is 5.41 Å². The number of benzene rings is 2. The van der Waals surface area contributed by atoms with Gasteiger partial charge in [0, 0.05) is 12.5 Å². The number of phenols is 1. The minimum Gasteiger partial charge on any atom is -0.507 e. The Labute approximate surface area is 210 Å². The maximum absolute atomic E-state index is 13.0. The molecule has 1 fully saturated rings. The average Bonchev–Trinajstić information content (AvgIpc) is 2.86. The Morgan fingerprint density at radius 3 is 2.46 bits per heavy atom. The summed E-state index contributed by atoms with van der Waals surface area (Å²) < 4.78 is 10.7. The van der Waals surface area contributed by atoms with Crippen LogP contribution in [0.1, 0.15) is 49.0 Å². The van der Waals surface area contributed by atoms with E-state index in [9.17, 15) is 19.5 Å². The average molecular weight is 503 g/mol. The molecule has 0 aromatic heterocycles. The molecule has 1 atom stereocenters. The number of amides is 1. The normalized spacial score (nSPS) is 15.6. The first kappa shape index (κ1) is 26.5. The molecule has 1 aliphatic rings. The summed E-state index contributed by atoms with van der Waals surface area (Å²) in [5.74, 6) is -2.16. The highest BCUT2D eigenvalue weighted by Crippen LogP contribution is 2.38. The molecule has 0 radical (unpaired) electrons. The van der Waals surface area contributed by atoms with Gasteiger partial charge in [0.2, 0.25) is 0 Å². The zero-order valence-corrected chi connectivity index (χ0v) is 20.7. The van der Waals surface area contributed by atoms with Crippen LogP contribution in [0.15, 0.2) is 42.5 Å². The van der Waals surface area contributed by atoms with E-state index in [2.05, 4.69) is 10.6 Å². The molecule has 2 aromatic carbocycles. The fourth-order valence-electron chi connectivity index (χ4n) is 4.14. The number of carbonyl (C=O) groups excluding carboxylic acids is 3. The minimum absolute atomic E-state index is 0.00256. The van der Waals surface area contributed by atoms with Gasteiger partial charge in [0.25, 0.3) is 5.91 Å². The topological polar surface area (TPSA) is 114 Å². The molecule has 8 nitrogen and oxygen atoms in total. The molecule has 3 rings (SSSR count). The minimum atomic E-state index is -0.968. The summed E-state index contributed by atoms with van der Waals surface area (Å²) >= 11 is 6.32. The first-order chi connectivity index (χ1) is 16.8. The van der Waals surface area contributed by atoms with Crippen molar-refractivity contribution in [1.29, 1.82) is 0 Å². The molecule has 0 saturated carbocycles. The smallest absolute Gasteiger partial charge is 0.328 e. The fourth-order valence-corrected chi connectivity index (χ4v) is 4.34. The number of hydrogen-bond donors (Lipinski definition) is 3. The van der Waals surface area contributed by atoms with Crippen molar-refractivity contribution >= 4 is 29.4 Å². The summed E-state index contributed by atoms with van der Waals surface area (Å²) in [4.78, 5) is 38.4. The molecule has 1 saturated heterocycles. The molecule has 0 aliphatic carbocycles. The van der Waals surface area contributed by atoms with Gasteiger partial charge in [-0.25, -0.2) is 4.79 Å². The van der Waals surface area contributed by atoms with Crippen molar-refractivity contribution in [2.45, 2.75) is 45.6 Å². The second-order valence-electron chi connectivity index (χ2n) is 8.54. The van der Waals surface area contributed by atoms with Gasteiger partial charge in [0.15, 0.2) is 5.75 Å². The molecule has 188 valence electrons. The summed E-state index contributed by atoms with van der Waals surface area (Å²) in [7, 11) is 0. The number of piperidine rings is 1. The number of rotatable bonds is 9. The number of nitrogens with one attached hydrogen (secondary N) is 2. The van der Waals surface area contributed by atoms with E-state index in [0.717, 1.165) is 11.6 Å². The molecule has 1 amide bonds. The molecule has 1 aliphatic heterocycles. The Kier molecular flexibility index (Phi) is 9.12. The molecule has 3 N–H and O–H groups in total. The Bertz CT molecular complexity index is 1050. The third-order valence-electron chi connectivity index (χ3n) is 6.33. The third kappa shape index (κ3) is 6.52. The summed E-state index contributed by atoms with van der Waals surface area (Å²) in [6, 6.07) is 10.6. The summed E-state index contributed by atoms with van der Waals surface area (Å²) in [5, 5.41) is 16.4. The first-order valence-corrected chi connectivity index (χ1v) is 12.1. The monoisotopic (exact) mass is 502 g/mol. The maximum Gasteiger partial charge on any atom is 0.328 e. The van der Waals surface area contributed by atoms with Crippen molar-refractivity contribution in [2.75, 3.05) is 19.7 Å². The SMILES string of the molecule is CCOC(=O)[C@H](Cc1ccccc1)NC(=O)c1cc(Cl)c(OC(=O)C2(CC)CCNCC2)cc1O. The zero-order chi connectivity index (χ0) is 25.4. The Balaban J connectivity index is 1.77. The van der Waals surface area contributed by atoms with E-state index in [1.165, 1.54) is 6.07 Å². The van der Waals surface area contributed by atoms with Crippen LogP contribution in [0.25, 0.3) is 0 Å². The number of hydrogen-bond acceptors (Lipinski definition) is 7. The van der Waals surface area contributed by atoms with E-state index in [0.29, 0.717) is 32.4 Å². The van der Waals surface area contributed by atoms with Crippen LogP contribution in [-0.2, 0) is 20.7 Å². The predicted octanol–water partition coefficient (Wildman–Crippen LogP) is 3.64. The maximum atomic E-state index is 13.0. The van der Waals surface area contributed by atoms with E-state index in [-0.39, 0.29) is 29.4 Å². The van der Waals surface area contributed by atoms with Crippen LogP contribution in [-0.4, -0.2) is 48.7 Å².